The van der Waals surface area contributed by atoms with Crippen molar-refractivity contribution in [3.63, 3.8) is 0 Å². The predicted octanol–water partition coefficient (Wildman–Crippen LogP) is 3.01. The van der Waals surface area contributed by atoms with Crippen molar-refractivity contribution in [2.45, 2.75) is 19.4 Å². The molecule has 1 rings (SSSR count). The molecule has 1 N–H and O–H groups in total. The maximum Gasteiger partial charge on any atom is 0.0325 e. The van der Waals surface area contributed by atoms with E-state index in [0.29, 0.717) is 6.04 Å². The van der Waals surface area contributed by atoms with Gasteiger partial charge in [0, 0.05) is 6.04 Å². The Morgan fingerprint density at radius 1 is 1.29 bits per heavy atom. The highest BCUT2D eigenvalue weighted by molar-refractivity contribution is 7.98. The van der Waals surface area contributed by atoms with Gasteiger partial charge < -0.3 is 5.32 Å². The van der Waals surface area contributed by atoms with E-state index in [4.69, 9.17) is 0 Å². The van der Waals surface area contributed by atoms with E-state index < -0.39 is 0 Å². The number of nitrogens with one attached hydrogen (secondary N) is 1. The monoisotopic (exact) mass is 209 g/mol. The molecular weight excluding hydrogens is 190 g/mol. The first kappa shape index (κ1) is 11.6. The van der Waals surface area contributed by atoms with Gasteiger partial charge in [0.25, 0.3) is 0 Å². The van der Waals surface area contributed by atoms with Crippen molar-refractivity contribution >= 4 is 11.8 Å². The molecule has 2 heteroatoms. The largest absolute Gasteiger partial charge is 0.313 e. The smallest absolute Gasteiger partial charge is 0.0325 e. The van der Waals surface area contributed by atoms with Crippen molar-refractivity contribution < 1.29 is 0 Å². The lowest BCUT2D eigenvalue weighted by molar-refractivity contribution is 0.581. The Morgan fingerprint density at radius 2 is 1.93 bits per heavy atom. The fraction of sp³-hybridized carbons (Fsp3) is 0.500. The fourth-order valence-corrected chi connectivity index (χ4v) is 1.98. The van der Waals surface area contributed by atoms with Gasteiger partial charge in [0.05, 0.1) is 0 Å². The van der Waals surface area contributed by atoms with E-state index in [1.54, 1.807) is 0 Å². The summed E-state index contributed by atoms with van der Waals surface area (Å²) in [5, 5.41) is 3.36. The molecule has 0 saturated heterocycles. The molecule has 78 valence electrons. The van der Waals surface area contributed by atoms with Gasteiger partial charge in [0.2, 0.25) is 0 Å². The lowest BCUT2D eigenvalue weighted by atomic mass is 10.0. The van der Waals surface area contributed by atoms with Crippen LogP contribution in [0.3, 0.4) is 0 Å². The van der Waals surface area contributed by atoms with Crippen LogP contribution in [0.15, 0.2) is 24.3 Å². The van der Waals surface area contributed by atoms with Crippen LogP contribution in [0.4, 0.5) is 0 Å². The van der Waals surface area contributed by atoms with Crippen LogP contribution in [0.1, 0.15) is 23.6 Å². The van der Waals surface area contributed by atoms with Gasteiger partial charge in [-0.1, -0.05) is 29.8 Å². The summed E-state index contributed by atoms with van der Waals surface area (Å²) in [6.07, 6.45) is 3.35. The van der Waals surface area contributed by atoms with Crippen molar-refractivity contribution in [1.29, 1.82) is 0 Å². The molecule has 0 aliphatic carbocycles. The van der Waals surface area contributed by atoms with Gasteiger partial charge in [-0.05, 0) is 38.0 Å². The molecule has 1 aromatic carbocycles. The first-order chi connectivity index (χ1) is 6.77. The highest BCUT2D eigenvalue weighted by Gasteiger charge is 2.07. The summed E-state index contributed by atoms with van der Waals surface area (Å²) in [5.74, 6) is 1.21. The second-order valence-electron chi connectivity index (χ2n) is 3.53. The van der Waals surface area contributed by atoms with E-state index in [1.807, 2.05) is 18.8 Å². The fourth-order valence-electron chi connectivity index (χ4n) is 1.51. The summed E-state index contributed by atoms with van der Waals surface area (Å²) in [6, 6.07) is 9.30. The summed E-state index contributed by atoms with van der Waals surface area (Å²) < 4.78 is 0. The van der Waals surface area contributed by atoms with Gasteiger partial charge in [0.15, 0.2) is 0 Å². The molecule has 14 heavy (non-hydrogen) atoms. The minimum Gasteiger partial charge on any atom is -0.313 e. The van der Waals surface area contributed by atoms with Crippen LogP contribution in [0.5, 0.6) is 0 Å². The number of hydrogen-bond donors (Lipinski definition) is 1. The van der Waals surface area contributed by atoms with E-state index in [9.17, 15) is 0 Å². The van der Waals surface area contributed by atoms with Crippen molar-refractivity contribution in [2.75, 3.05) is 19.1 Å². The van der Waals surface area contributed by atoms with Crippen LogP contribution in [0.2, 0.25) is 0 Å². The average molecular weight is 209 g/mol. The van der Waals surface area contributed by atoms with E-state index in [2.05, 4.69) is 42.8 Å². The SMILES string of the molecule is CNC(CCSC)c1ccc(C)cc1. The van der Waals surface area contributed by atoms with E-state index >= 15 is 0 Å². The van der Waals surface area contributed by atoms with Crippen LogP contribution < -0.4 is 5.32 Å². The Labute approximate surface area is 91.3 Å². The summed E-state index contributed by atoms with van der Waals surface area (Å²) in [4.78, 5) is 0. The third-order valence-electron chi connectivity index (χ3n) is 2.44. The molecule has 0 radical (unpaired) electrons. The van der Waals surface area contributed by atoms with Crippen LogP contribution in [-0.4, -0.2) is 19.1 Å². The van der Waals surface area contributed by atoms with Crippen LogP contribution in [-0.2, 0) is 0 Å². The van der Waals surface area contributed by atoms with E-state index in [-0.39, 0.29) is 0 Å². The first-order valence-corrected chi connectivity index (χ1v) is 6.40. The maximum absolute atomic E-state index is 3.36. The number of rotatable bonds is 5. The second-order valence-corrected chi connectivity index (χ2v) is 4.52. The zero-order valence-corrected chi connectivity index (χ0v) is 10.0. The molecule has 0 aliphatic rings. The van der Waals surface area contributed by atoms with E-state index in [1.165, 1.54) is 23.3 Å². The molecule has 0 heterocycles. The minimum atomic E-state index is 0.503. The van der Waals surface area contributed by atoms with Gasteiger partial charge in [-0.2, -0.15) is 11.8 Å². The highest BCUT2D eigenvalue weighted by Crippen LogP contribution is 2.18. The Bertz CT molecular complexity index is 256. The Balaban J connectivity index is 2.64. The molecule has 0 saturated carbocycles. The molecule has 1 aromatic rings. The lowest BCUT2D eigenvalue weighted by Gasteiger charge is -2.16. The third-order valence-corrected chi connectivity index (χ3v) is 3.08. The molecule has 1 atom stereocenters. The Hall–Kier alpha value is -0.470. The third kappa shape index (κ3) is 3.35. The van der Waals surface area contributed by atoms with Crippen molar-refractivity contribution in [3.8, 4) is 0 Å². The molecule has 0 spiro atoms. The Morgan fingerprint density at radius 3 is 2.43 bits per heavy atom. The molecule has 0 bridgehead atoms. The number of aryl methyl sites for hydroxylation is 1. The van der Waals surface area contributed by atoms with Gasteiger partial charge in [0.1, 0.15) is 0 Å². The molecule has 1 unspecified atom stereocenters. The van der Waals surface area contributed by atoms with Crippen LogP contribution in [0.25, 0.3) is 0 Å². The summed E-state index contributed by atoms with van der Waals surface area (Å²) in [5.41, 5.74) is 2.72. The topological polar surface area (TPSA) is 12.0 Å². The molecule has 0 aliphatic heterocycles. The standard InChI is InChI=1S/C12H19NS/c1-10-4-6-11(7-5-10)12(13-2)8-9-14-3/h4-7,12-13H,8-9H2,1-3H3. The van der Waals surface area contributed by atoms with Gasteiger partial charge >= 0.3 is 0 Å². The molecule has 0 fully saturated rings. The first-order valence-electron chi connectivity index (χ1n) is 5.00. The highest BCUT2D eigenvalue weighted by atomic mass is 32.2. The lowest BCUT2D eigenvalue weighted by Crippen LogP contribution is -2.16. The number of benzene rings is 1. The van der Waals surface area contributed by atoms with Crippen molar-refractivity contribution in [1.82, 2.24) is 5.32 Å². The normalized spacial score (nSPS) is 12.8. The number of hydrogen-bond acceptors (Lipinski definition) is 2. The predicted molar refractivity (Wildman–Crippen MR) is 66.0 cm³/mol. The minimum absolute atomic E-state index is 0.503. The molecular formula is C12H19NS. The maximum atomic E-state index is 3.36. The molecule has 0 aromatic heterocycles. The van der Waals surface area contributed by atoms with Crippen LogP contribution >= 0.6 is 11.8 Å². The number of thioether (sulfide) groups is 1. The second kappa shape index (κ2) is 6.10. The van der Waals surface area contributed by atoms with Gasteiger partial charge in [-0.3, -0.25) is 0 Å². The summed E-state index contributed by atoms with van der Waals surface area (Å²) in [7, 11) is 2.03. The molecule has 1 nitrogen and oxygen atoms in total. The Kier molecular flexibility index (Phi) is 5.05. The van der Waals surface area contributed by atoms with Gasteiger partial charge in [-0.15, -0.1) is 0 Å². The summed E-state index contributed by atoms with van der Waals surface area (Å²) >= 11 is 1.90. The zero-order chi connectivity index (χ0) is 10.4. The molecule has 0 amide bonds. The van der Waals surface area contributed by atoms with Crippen LogP contribution in [0, 0.1) is 6.92 Å². The van der Waals surface area contributed by atoms with Crippen molar-refractivity contribution in [3.05, 3.63) is 35.4 Å². The quantitative estimate of drug-likeness (QED) is 0.800. The van der Waals surface area contributed by atoms with Crippen molar-refractivity contribution in [2.24, 2.45) is 0 Å². The van der Waals surface area contributed by atoms with Gasteiger partial charge in [-0.25, -0.2) is 0 Å². The van der Waals surface area contributed by atoms with E-state index in [0.717, 1.165) is 0 Å². The zero-order valence-electron chi connectivity index (χ0n) is 9.21. The average Bonchev–Trinajstić information content (AvgIpc) is 2.21. The summed E-state index contributed by atoms with van der Waals surface area (Å²) in [6.45, 7) is 2.13.